The monoisotopic (exact) mass is 267 g/mol. The minimum atomic E-state index is -0.943. The molecular weight excluding hydrogens is 252 g/mol. The van der Waals surface area contributed by atoms with Gasteiger partial charge in [0.1, 0.15) is 0 Å². The van der Waals surface area contributed by atoms with E-state index >= 15 is 0 Å². The molecule has 0 spiro atoms. The molecule has 2 rings (SSSR count). The molecule has 0 unspecified atom stereocenters. The highest BCUT2D eigenvalue weighted by Gasteiger charge is 2.09. The molecule has 6 heteroatoms. The zero-order valence-corrected chi connectivity index (χ0v) is 10.5. The van der Waals surface area contributed by atoms with Crippen LogP contribution in [0.15, 0.2) is 24.4 Å². The Balaban J connectivity index is 1.83. The quantitative estimate of drug-likeness (QED) is 0.811. The lowest BCUT2D eigenvalue weighted by molar-refractivity contribution is 0.395. The Morgan fingerprint density at radius 3 is 2.58 bits per heavy atom. The molecule has 0 aliphatic carbocycles. The van der Waals surface area contributed by atoms with E-state index in [1.54, 1.807) is 4.68 Å². The van der Waals surface area contributed by atoms with Gasteiger partial charge >= 0.3 is 0 Å². The molecule has 1 aromatic heterocycles. The summed E-state index contributed by atoms with van der Waals surface area (Å²) in [6, 6.07) is 4.15. The maximum atomic E-state index is 13.1. The number of aromatic hydroxyl groups is 1. The third-order valence-electron chi connectivity index (χ3n) is 2.73. The summed E-state index contributed by atoms with van der Waals surface area (Å²) < 4.78 is 27.9. The van der Waals surface area contributed by atoms with Crippen molar-refractivity contribution in [3.05, 3.63) is 47.3 Å². The van der Waals surface area contributed by atoms with Crippen molar-refractivity contribution in [2.45, 2.75) is 13.0 Å². The summed E-state index contributed by atoms with van der Waals surface area (Å²) in [6.07, 6.45) is 2.60. The van der Waals surface area contributed by atoms with Gasteiger partial charge in [-0.05, 0) is 23.8 Å². The molecule has 0 bridgehead atoms. The van der Waals surface area contributed by atoms with Gasteiger partial charge in [-0.2, -0.15) is 5.10 Å². The van der Waals surface area contributed by atoms with Crippen molar-refractivity contribution in [3.63, 3.8) is 0 Å². The number of halogens is 2. The number of nitrogens with zero attached hydrogens (tertiary/aromatic N) is 2. The SMILES string of the molecule is Cn1ccc(CCNCc2cc(F)c(O)c(F)c2)n1. The molecule has 0 aliphatic heterocycles. The van der Waals surface area contributed by atoms with Gasteiger partial charge < -0.3 is 10.4 Å². The van der Waals surface area contributed by atoms with Gasteiger partial charge in [-0.1, -0.05) is 0 Å². The van der Waals surface area contributed by atoms with Gasteiger partial charge in [-0.25, -0.2) is 8.78 Å². The van der Waals surface area contributed by atoms with Crippen molar-refractivity contribution >= 4 is 0 Å². The molecule has 4 nitrogen and oxygen atoms in total. The molecule has 2 N–H and O–H groups in total. The van der Waals surface area contributed by atoms with Crippen molar-refractivity contribution in [3.8, 4) is 5.75 Å². The summed E-state index contributed by atoms with van der Waals surface area (Å²) in [4.78, 5) is 0. The Morgan fingerprint density at radius 2 is 2.00 bits per heavy atom. The van der Waals surface area contributed by atoms with E-state index in [2.05, 4.69) is 10.4 Å². The molecule has 0 fully saturated rings. The molecule has 0 radical (unpaired) electrons. The van der Waals surface area contributed by atoms with Crippen molar-refractivity contribution in [2.75, 3.05) is 6.54 Å². The second-order valence-electron chi connectivity index (χ2n) is 4.32. The van der Waals surface area contributed by atoms with Gasteiger partial charge in [0, 0.05) is 32.8 Å². The fourth-order valence-corrected chi connectivity index (χ4v) is 1.77. The van der Waals surface area contributed by atoms with E-state index < -0.39 is 17.4 Å². The summed E-state index contributed by atoms with van der Waals surface area (Å²) >= 11 is 0. The lowest BCUT2D eigenvalue weighted by Crippen LogP contribution is -2.17. The smallest absolute Gasteiger partial charge is 0.187 e. The molecule has 1 heterocycles. The Morgan fingerprint density at radius 1 is 1.32 bits per heavy atom. The normalized spacial score (nSPS) is 10.9. The van der Waals surface area contributed by atoms with Gasteiger partial charge in [0.25, 0.3) is 0 Å². The fraction of sp³-hybridized carbons (Fsp3) is 0.308. The molecule has 0 amide bonds. The largest absolute Gasteiger partial charge is 0.503 e. The van der Waals surface area contributed by atoms with Gasteiger partial charge in [0.2, 0.25) is 0 Å². The van der Waals surface area contributed by atoms with E-state index in [1.807, 2.05) is 19.3 Å². The van der Waals surface area contributed by atoms with Crippen molar-refractivity contribution in [1.29, 1.82) is 0 Å². The summed E-state index contributed by atoms with van der Waals surface area (Å²) in [5, 5.41) is 16.3. The van der Waals surface area contributed by atoms with Gasteiger partial charge in [-0.3, -0.25) is 4.68 Å². The van der Waals surface area contributed by atoms with Gasteiger partial charge in [0.15, 0.2) is 17.4 Å². The molecule has 102 valence electrons. The molecule has 2 aromatic rings. The number of rotatable bonds is 5. The molecule has 0 atom stereocenters. The first-order valence-electron chi connectivity index (χ1n) is 5.92. The first kappa shape index (κ1) is 13.5. The van der Waals surface area contributed by atoms with Crippen LogP contribution in [0, 0.1) is 11.6 Å². The number of phenols is 1. The Kier molecular flexibility index (Phi) is 4.11. The number of hydrogen-bond acceptors (Lipinski definition) is 3. The molecule has 19 heavy (non-hydrogen) atoms. The van der Waals surface area contributed by atoms with Crippen LogP contribution in [0.2, 0.25) is 0 Å². The summed E-state index contributed by atoms with van der Waals surface area (Å²) in [6.45, 7) is 0.988. The van der Waals surface area contributed by atoms with Crippen LogP contribution in [0.3, 0.4) is 0 Å². The van der Waals surface area contributed by atoms with Crippen LogP contribution >= 0.6 is 0 Å². The van der Waals surface area contributed by atoms with Crippen LogP contribution in [-0.4, -0.2) is 21.4 Å². The first-order chi connectivity index (χ1) is 9.06. The number of hydrogen-bond donors (Lipinski definition) is 2. The van der Waals surface area contributed by atoms with Crippen molar-refractivity contribution in [1.82, 2.24) is 15.1 Å². The second kappa shape index (κ2) is 5.79. The van der Waals surface area contributed by atoms with E-state index in [0.717, 1.165) is 24.2 Å². The number of aryl methyl sites for hydroxylation is 1. The average Bonchev–Trinajstić information content (AvgIpc) is 2.77. The highest BCUT2D eigenvalue weighted by atomic mass is 19.1. The predicted octanol–water partition coefficient (Wildman–Crippen LogP) is 1.74. The lowest BCUT2D eigenvalue weighted by Gasteiger charge is -2.05. The fourth-order valence-electron chi connectivity index (χ4n) is 1.77. The first-order valence-corrected chi connectivity index (χ1v) is 5.92. The highest BCUT2D eigenvalue weighted by molar-refractivity contribution is 5.29. The molecular formula is C13H15F2N3O. The second-order valence-corrected chi connectivity index (χ2v) is 4.32. The van der Waals surface area contributed by atoms with E-state index in [-0.39, 0.29) is 0 Å². The number of nitrogens with one attached hydrogen (secondary N) is 1. The van der Waals surface area contributed by atoms with Gasteiger partial charge in [0.05, 0.1) is 5.69 Å². The topological polar surface area (TPSA) is 50.1 Å². The standard InChI is InChI=1S/C13H15F2N3O/c1-18-5-3-10(17-18)2-4-16-8-9-6-11(14)13(19)12(15)7-9/h3,5-7,16,19H,2,4,8H2,1H3. The van der Waals surface area contributed by atoms with Crippen LogP contribution in [0.5, 0.6) is 5.75 Å². The molecule has 0 saturated carbocycles. The van der Waals surface area contributed by atoms with Gasteiger partial charge in [-0.15, -0.1) is 0 Å². The third kappa shape index (κ3) is 3.51. The van der Waals surface area contributed by atoms with Crippen molar-refractivity contribution < 1.29 is 13.9 Å². The lowest BCUT2D eigenvalue weighted by atomic mass is 10.2. The van der Waals surface area contributed by atoms with Crippen LogP contribution in [-0.2, 0) is 20.0 Å². The van der Waals surface area contributed by atoms with Crippen LogP contribution in [0.25, 0.3) is 0 Å². The van der Waals surface area contributed by atoms with E-state index in [0.29, 0.717) is 18.7 Å². The molecule has 0 aliphatic rings. The Bertz CT molecular complexity index is 546. The van der Waals surface area contributed by atoms with E-state index in [1.165, 1.54) is 0 Å². The van der Waals surface area contributed by atoms with Crippen molar-refractivity contribution in [2.24, 2.45) is 7.05 Å². The summed E-state index contributed by atoms with van der Waals surface area (Å²) in [5.41, 5.74) is 1.41. The zero-order valence-electron chi connectivity index (χ0n) is 10.5. The maximum absolute atomic E-state index is 13.1. The predicted molar refractivity (Wildman–Crippen MR) is 66.6 cm³/mol. The number of benzene rings is 1. The third-order valence-corrected chi connectivity index (χ3v) is 2.73. The Labute approximate surface area is 109 Å². The zero-order chi connectivity index (χ0) is 13.8. The molecule has 1 aromatic carbocycles. The minimum Gasteiger partial charge on any atom is -0.503 e. The average molecular weight is 267 g/mol. The number of phenolic OH excluding ortho intramolecular Hbond substituents is 1. The summed E-state index contributed by atoms with van der Waals surface area (Å²) in [7, 11) is 1.85. The molecule has 0 saturated heterocycles. The Hall–Kier alpha value is -1.95. The highest BCUT2D eigenvalue weighted by Crippen LogP contribution is 2.21. The van der Waals surface area contributed by atoms with Crippen LogP contribution in [0.1, 0.15) is 11.3 Å². The van der Waals surface area contributed by atoms with E-state index in [4.69, 9.17) is 5.11 Å². The van der Waals surface area contributed by atoms with Crippen LogP contribution in [0.4, 0.5) is 8.78 Å². The summed E-state index contributed by atoms with van der Waals surface area (Å²) in [5.74, 6) is -2.82. The van der Waals surface area contributed by atoms with Crippen LogP contribution < -0.4 is 5.32 Å². The minimum absolute atomic E-state index is 0.334. The number of aromatic nitrogens is 2. The van der Waals surface area contributed by atoms with E-state index in [9.17, 15) is 8.78 Å². The maximum Gasteiger partial charge on any atom is 0.187 e.